The lowest BCUT2D eigenvalue weighted by molar-refractivity contribution is 0.409. The van der Waals surface area contributed by atoms with Gasteiger partial charge in [0.1, 0.15) is 11.2 Å². The first-order chi connectivity index (χ1) is 18.3. The molecular formula is C34H46N2O. The van der Waals surface area contributed by atoms with Gasteiger partial charge in [-0.15, -0.1) is 0 Å². The van der Waals surface area contributed by atoms with Gasteiger partial charge in [-0.3, -0.25) is 4.99 Å². The van der Waals surface area contributed by atoms with Crippen molar-refractivity contribution < 1.29 is 4.42 Å². The Hall–Kier alpha value is -2.68. The molecule has 1 aliphatic heterocycles. The third kappa shape index (κ3) is 7.90. The van der Waals surface area contributed by atoms with Gasteiger partial charge in [-0.1, -0.05) is 127 Å². The quantitative estimate of drug-likeness (QED) is 0.0875. The topological polar surface area (TPSA) is 38.4 Å². The second kappa shape index (κ2) is 14.9. The maximum absolute atomic E-state index is 6.30. The average molecular weight is 499 g/mol. The molecule has 2 aromatic rings. The minimum absolute atomic E-state index is 0.665. The highest BCUT2D eigenvalue weighted by atomic mass is 16.3. The molecule has 0 fully saturated rings. The van der Waals surface area contributed by atoms with Crippen LogP contribution in [0.5, 0.6) is 0 Å². The Morgan fingerprint density at radius 1 is 0.703 bits per heavy atom. The lowest BCUT2D eigenvalue weighted by atomic mass is 9.94. The standard InChI is InChI=1S/C34H46N2O/c1-3-5-7-9-11-13-19-27(20-14-12-10-8-6-4-2)26-35-31-25-33-34(29-22-16-15-21-28(29)31)36-30-23-17-18-24-32(30)37-33/h15-18,21-25,27H,3-14,19-20,26H2,1-2H3/b35-31-. The molecule has 2 aliphatic rings. The molecule has 198 valence electrons. The summed E-state index contributed by atoms with van der Waals surface area (Å²) in [6.45, 7) is 5.49. The minimum Gasteiger partial charge on any atom is -0.453 e. The maximum atomic E-state index is 6.30. The molecule has 0 atom stereocenters. The Balaban J connectivity index is 1.53. The van der Waals surface area contributed by atoms with E-state index in [0.29, 0.717) is 5.92 Å². The van der Waals surface area contributed by atoms with Crippen LogP contribution in [0.2, 0.25) is 0 Å². The first-order valence-corrected chi connectivity index (χ1v) is 15.0. The Morgan fingerprint density at radius 2 is 1.30 bits per heavy atom. The lowest BCUT2D eigenvalue weighted by Gasteiger charge is -2.15. The first-order valence-electron chi connectivity index (χ1n) is 15.0. The predicted molar refractivity (Wildman–Crippen MR) is 158 cm³/mol. The van der Waals surface area contributed by atoms with Crippen molar-refractivity contribution in [2.75, 3.05) is 6.54 Å². The van der Waals surface area contributed by atoms with Crippen LogP contribution in [0.3, 0.4) is 0 Å². The highest BCUT2D eigenvalue weighted by Crippen LogP contribution is 2.30. The van der Waals surface area contributed by atoms with E-state index in [1.807, 2.05) is 24.3 Å². The SMILES string of the molecule is CCCCCCCCC(CCCCCCCC)C/N=c1/cc2oc3ccccc3nc-2c2ccccc12. The van der Waals surface area contributed by atoms with Crippen LogP contribution in [-0.4, -0.2) is 11.5 Å². The first kappa shape index (κ1) is 27.4. The summed E-state index contributed by atoms with van der Waals surface area (Å²) in [6, 6.07) is 18.7. The van der Waals surface area contributed by atoms with Gasteiger partial charge in [0.15, 0.2) is 11.3 Å². The van der Waals surface area contributed by atoms with Gasteiger partial charge in [0.2, 0.25) is 0 Å². The van der Waals surface area contributed by atoms with Gasteiger partial charge >= 0.3 is 0 Å². The highest BCUT2D eigenvalue weighted by Gasteiger charge is 2.15. The van der Waals surface area contributed by atoms with Crippen LogP contribution < -0.4 is 5.36 Å². The molecule has 1 heterocycles. The Bertz CT molecular complexity index is 1240. The fraction of sp³-hybridized carbons (Fsp3) is 0.529. The number of aromatic nitrogens is 1. The van der Waals surface area contributed by atoms with Crippen molar-refractivity contribution in [2.45, 2.75) is 104 Å². The van der Waals surface area contributed by atoms with Gasteiger partial charge < -0.3 is 4.42 Å². The monoisotopic (exact) mass is 498 g/mol. The molecule has 0 bridgehead atoms. The van der Waals surface area contributed by atoms with E-state index in [0.717, 1.165) is 39.8 Å². The van der Waals surface area contributed by atoms with Crippen LogP contribution in [0.4, 0.5) is 0 Å². The zero-order valence-electron chi connectivity index (χ0n) is 23.2. The van der Waals surface area contributed by atoms with E-state index >= 15 is 0 Å². The number of benzene rings is 3. The van der Waals surface area contributed by atoms with Crippen molar-refractivity contribution in [2.24, 2.45) is 10.9 Å². The summed E-state index contributed by atoms with van der Waals surface area (Å²) in [7, 11) is 0. The van der Waals surface area contributed by atoms with Crippen LogP contribution in [0.1, 0.15) is 104 Å². The molecule has 0 saturated heterocycles. The molecule has 37 heavy (non-hydrogen) atoms. The number of hydrogen-bond donors (Lipinski definition) is 0. The predicted octanol–water partition coefficient (Wildman–Crippen LogP) is 10.1. The fourth-order valence-corrected chi connectivity index (χ4v) is 5.50. The Kier molecular flexibility index (Phi) is 11.0. The summed E-state index contributed by atoms with van der Waals surface area (Å²) in [6.07, 6.45) is 18.9. The van der Waals surface area contributed by atoms with E-state index in [-0.39, 0.29) is 0 Å². The molecule has 0 N–H and O–H groups in total. The summed E-state index contributed by atoms with van der Waals surface area (Å²) >= 11 is 0. The van der Waals surface area contributed by atoms with Crippen molar-refractivity contribution in [3.8, 4) is 11.5 Å². The van der Waals surface area contributed by atoms with Gasteiger partial charge in [-0.25, -0.2) is 4.98 Å². The molecule has 0 spiro atoms. The molecule has 0 radical (unpaired) electrons. The van der Waals surface area contributed by atoms with Crippen molar-refractivity contribution in [1.29, 1.82) is 0 Å². The zero-order valence-corrected chi connectivity index (χ0v) is 23.2. The molecule has 0 saturated carbocycles. The second-order valence-electron chi connectivity index (χ2n) is 10.8. The van der Waals surface area contributed by atoms with Gasteiger partial charge in [0.05, 0.1) is 5.36 Å². The van der Waals surface area contributed by atoms with E-state index in [9.17, 15) is 0 Å². The van der Waals surface area contributed by atoms with E-state index in [2.05, 4.69) is 44.2 Å². The fourth-order valence-electron chi connectivity index (χ4n) is 5.50. The molecule has 0 amide bonds. The number of nitrogens with zero attached hydrogens (tertiary/aromatic N) is 2. The minimum atomic E-state index is 0.665. The van der Waals surface area contributed by atoms with Crippen LogP contribution in [-0.2, 0) is 0 Å². The molecule has 1 aliphatic carbocycles. The maximum Gasteiger partial charge on any atom is 0.155 e. The largest absolute Gasteiger partial charge is 0.453 e. The molecular weight excluding hydrogens is 452 g/mol. The average Bonchev–Trinajstić information content (AvgIpc) is 2.93. The van der Waals surface area contributed by atoms with Crippen molar-refractivity contribution in [1.82, 2.24) is 4.98 Å². The number of fused-ring (bicyclic) bond motifs is 4. The van der Waals surface area contributed by atoms with Crippen molar-refractivity contribution in [3.63, 3.8) is 0 Å². The smallest absolute Gasteiger partial charge is 0.155 e. The molecule has 0 unspecified atom stereocenters. The Labute approximate surface area is 223 Å². The highest BCUT2D eigenvalue weighted by molar-refractivity contribution is 5.96. The van der Waals surface area contributed by atoms with Crippen LogP contribution in [0.25, 0.3) is 33.3 Å². The summed E-state index contributed by atoms with van der Waals surface area (Å²) < 4.78 is 6.30. The third-order valence-electron chi connectivity index (χ3n) is 7.73. The van der Waals surface area contributed by atoms with E-state index in [4.69, 9.17) is 14.4 Å². The van der Waals surface area contributed by atoms with Gasteiger partial charge in [-0.2, -0.15) is 0 Å². The summed E-state index contributed by atoms with van der Waals surface area (Å²) in [4.78, 5) is 10.2. The molecule has 2 aromatic carbocycles. The second-order valence-corrected chi connectivity index (χ2v) is 10.8. The summed E-state index contributed by atoms with van der Waals surface area (Å²) in [5.74, 6) is 1.48. The van der Waals surface area contributed by atoms with E-state index in [1.54, 1.807) is 0 Å². The van der Waals surface area contributed by atoms with Crippen molar-refractivity contribution >= 4 is 21.9 Å². The number of para-hydroxylation sites is 2. The van der Waals surface area contributed by atoms with Crippen LogP contribution >= 0.6 is 0 Å². The number of unbranched alkanes of at least 4 members (excludes halogenated alkanes) is 10. The van der Waals surface area contributed by atoms with Gasteiger partial charge in [0, 0.05) is 23.4 Å². The lowest BCUT2D eigenvalue weighted by Crippen LogP contribution is -2.12. The number of hydrogen-bond acceptors (Lipinski definition) is 3. The van der Waals surface area contributed by atoms with E-state index < -0.39 is 0 Å². The summed E-state index contributed by atoms with van der Waals surface area (Å²) in [5, 5.41) is 3.34. The molecule has 3 nitrogen and oxygen atoms in total. The zero-order chi connectivity index (χ0) is 25.7. The van der Waals surface area contributed by atoms with Crippen LogP contribution in [0, 0.1) is 5.92 Å². The number of rotatable bonds is 16. The molecule has 3 heteroatoms. The Morgan fingerprint density at radius 3 is 2.00 bits per heavy atom. The molecule has 4 rings (SSSR count). The molecule has 0 aromatic heterocycles. The normalized spacial score (nSPS) is 12.5. The van der Waals surface area contributed by atoms with Crippen LogP contribution in [0.15, 0.2) is 64.0 Å². The van der Waals surface area contributed by atoms with E-state index in [1.165, 1.54) is 95.3 Å². The van der Waals surface area contributed by atoms with Gasteiger partial charge in [-0.05, 0) is 30.9 Å². The third-order valence-corrected chi connectivity index (χ3v) is 7.73. The summed E-state index contributed by atoms with van der Waals surface area (Å²) in [5.41, 5.74) is 2.63. The van der Waals surface area contributed by atoms with Crippen molar-refractivity contribution in [3.05, 3.63) is 60.0 Å². The van der Waals surface area contributed by atoms with Gasteiger partial charge in [0.25, 0.3) is 0 Å².